The summed E-state index contributed by atoms with van der Waals surface area (Å²) >= 11 is 11.9. The van der Waals surface area contributed by atoms with Crippen molar-refractivity contribution in [2.75, 3.05) is 0 Å². The summed E-state index contributed by atoms with van der Waals surface area (Å²) in [7, 11) is -0.312. The largest absolute Gasteiger partial charge is 0.250 e. The summed E-state index contributed by atoms with van der Waals surface area (Å²) in [5, 5.41) is 5.22. The van der Waals surface area contributed by atoms with Gasteiger partial charge in [0.2, 0.25) is 10.3 Å². The molecular weight excluding hydrogens is 277 g/mol. The molecule has 0 radical (unpaired) electrons. The third-order valence-electron chi connectivity index (χ3n) is 2.43. The van der Waals surface area contributed by atoms with Gasteiger partial charge in [-0.1, -0.05) is 38.1 Å². The van der Waals surface area contributed by atoms with Gasteiger partial charge in [-0.05, 0) is 20.8 Å². The summed E-state index contributed by atoms with van der Waals surface area (Å²) in [5.74, 6) is 0. The molecule has 0 aliphatic heterocycles. The van der Waals surface area contributed by atoms with Gasteiger partial charge in [-0.25, -0.2) is 0 Å². The van der Waals surface area contributed by atoms with Crippen molar-refractivity contribution in [2.24, 2.45) is 0 Å². The predicted molar refractivity (Wildman–Crippen MR) is 75.0 cm³/mol. The van der Waals surface area contributed by atoms with Gasteiger partial charge in [-0.2, -0.15) is 0 Å². The van der Waals surface area contributed by atoms with E-state index in [0.29, 0.717) is 5.15 Å². The molecule has 0 fully saturated rings. The number of aromatic amines is 2. The molecule has 2 N–H and O–H groups in total. The average Bonchev–Trinajstić information content (AvgIpc) is 2.13. The van der Waals surface area contributed by atoms with Crippen molar-refractivity contribution in [1.29, 1.82) is 0 Å². The van der Waals surface area contributed by atoms with Crippen LogP contribution in [0.5, 0.6) is 0 Å². The maximum atomic E-state index is 5.98. The highest BCUT2D eigenvalue weighted by Gasteiger charge is 2.17. The lowest BCUT2D eigenvalue weighted by Crippen LogP contribution is -1.97. The standard InChI is InChI=1S/C11H14Cl2N3S/c1-7-4-8(2)11(9(3)5-7)17-6-10(12)14-16(13)15-17/h4-6,14-15H,1-3H3/q+1. The molecule has 1 aromatic heterocycles. The predicted octanol–water partition coefficient (Wildman–Crippen LogP) is 4.59. The lowest BCUT2D eigenvalue weighted by atomic mass is 10.1. The van der Waals surface area contributed by atoms with Crippen LogP contribution in [0.25, 0.3) is 4.90 Å². The second-order valence-electron chi connectivity index (χ2n) is 4.02. The highest BCUT2D eigenvalue weighted by atomic mass is 35.5. The fourth-order valence-electron chi connectivity index (χ4n) is 1.98. The topological polar surface area (TPSA) is 36.5 Å². The average molecular weight is 291 g/mol. The Morgan fingerprint density at radius 1 is 1.18 bits per heavy atom. The summed E-state index contributed by atoms with van der Waals surface area (Å²) in [6.07, 6.45) is 0. The molecule has 2 rings (SSSR count). The van der Waals surface area contributed by atoms with Crippen molar-refractivity contribution >= 4 is 34.0 Å². The van der Waals surface area contributed by atoms with Crippen LogP contribution in [0.3, 0.4) is 0 Å². The lowest BCUT2D eigenvalue weighted by molar-refractivity contribution is 0.832. The number of hydrogen-bond acceptors (Lipinski definition) is 0. The molecule has 0 saturated carbocycles. The molecule has 6 heteroatoms. The zero-order valence-electron chi connectivity index (χ0n) is 9.84. The van der Waals surface area contributed by atoms with Crippen molar-refractivity contribution in [3.05, 3.63) is 39.4 Å². The van der Waals surface area contributed by atoms with Crippen molar-refractivity contribution in [3.8, 4) is 4.90 Å². The number of rotatable bonds is 1. The Morgan fingerprint density at radius 3 is 2.29 bits per heavy atom. The summed E-state index contributed by atoms with van der Waals surface area (Å²) in [6, 6.07) is 4.33. The molecule has 1 aromatic carbocycles. The minimum absolute atomic E-state index is 0.312. The third kappa shape index (κ3) is 2.70. The van der Waals surface area contributed by atoms with Gasteiger partial charge in [0.25, 0.3) is 0 Å². The molecule has 92 valence electrons. The first-order valence-corrected chi connectivity index (χ1v) is 7.15. The van der Waals surface area contributed by atoms with E-state index in [-0.39, 0.29) is 10.7 Å². The van der Waals surface area contributed by atoms with Crippen LogP contribution in [0.1, 0.15) is 16.7 Å². The second-order valence-corrected chi connectivity index (χ2v) is 6.26. The molecule has 0 amide bonds. The molecule has 17 heavy (non-hydrogen) atoms. The van der Waals surface area contributed by atoms with Gasteiger partial charge >= 0.3 is 0 Å². The summed E-state index contributed by atoms with van der Waals surface area (Å²) in [6.45, 7) is 6.30. The molecule has 0 bridgehead atoms. The van der Waals surface area contributed by atoms with Gasteiger partial charge in [-0.3, -0.25) is 5.10 Å². The van der Waals surface area contributed by atoms with Gasteiger partial charge in [0.1, 0.15) is 10.7 Å². The van der Waals surface area contributed by atoms with E-state index in [9.17, 15) is 0 Å². The monoisotopic (exact) mass is 290 g/mol. The molecule has 1 unspecified atom stereocenters. The van der Waals surface area contributed by atoms with Gasteiger partial charge in [-0.15, -0.1) is 0 Å². The Bertz CT molecular complexity index is 544. The fourth-order valence-corrected chi connectivity index (χ4v) is 4.24. The van der Waals surface area contributed by atoms with Crippen LogP contribution in [0.2, 0.25) is 5.15 Å². The van der Waals surface area contributed by atoms with Crippen molar-refractivity contribution in [3.63, 3.8) is 0 Å². The van der Waals surface area contributed by atoms with E-state index in [1.807, 2.05) is 5.38 Å². The van der Waals surface area contributed by atoms with E-state index in [1.165, 1.54) is 25.9 Å². The molecule has 3 nitrogen and oxygen atoms in total. The Hall–Kier alpha value is -0.840. The van der Waals surface area contributed by atoms with Crippen LogP contribution in [0.4, 0.5) is 0 Å². The van der Waals surface area contributed by atoms with E-state index >= 15 is 0 Å². The first-order chi connectivity index (χ1) is 7.97. The molecule has 1 atom stereocenters. The third-order valence-corrected chi connectivity index (χ3v) is 4.96. The van der Waals surface area contributed by atoms with Crippen LogP contribution in [-0.2, 0) is 0 Å². The van der Waals surface area contributed by atoms with Crippen LogP contribution in [-0.4, -0.2) is 13.9 Å². The van der Waals surface area contributed by atoms with E-state index in [2.05, 4.69) is 42.5 Å². The number of aryl methyl sites for hydroxylation is 3. The fraction of sp³-hybridized carbons (Fsp3) is 0.273. The maximum absolute atomic E-state index is 5.98. The molecule has 1 heterocycles. The van der Waals surface area contributed by atoms with Crippen molar-refractivity contribution in [1.82, 2.24) is 13.9 Å². The number of nitrogens with zero attached hydrogens (tertiary/aromatic N) is 1. The highest BCUT2D eigenvalue weighted by molar-refractivity contribution is 7.33. The molecule has 0 spiro atoms. The minimum Gasteiger partial charge on any atom is -0.250 e. The normalized spacial score (nSPS) is 11.7. The highest BCUT2D eigenvalue weighted by Crippen LogP contribution is 2.34. The van der Waals surface area contributed by atoms with Gasteiger partial charge in [0.05, 0.1) is 11.8 Å². The van der Waals surface area contributed by atoms with E-state index < -0.39 is 0 Å². The van der Waals surface area contributed by atoms with Crippen LogP contribution < -0.4 is 0 Å². The first kappa shape index (κ1) is 12.6. The van der Waals surface area contributed by atoms with E-state index in [4.69, 9.17) is 23.4 Å². The number of aromatic nitrogens is 3. The Balaban J connectivity index is 2.68. The van der Waals surface area contributed by atoms with Gasteiger partial charge < -0.3 is 0 Å². The molecule has 0 saturated heterocycles. The van der Waals surface area contributed by atoms with Crippen molar-refractivity contribution < 1.29 is 0 Å². The van der Waals surface area contributed by atoms with Crippen LogP contribution >= 0.6 is 34.0 Å². The SMILES string of the molecule is Cc1cc(C)c(-[s+]2cc(Cl)[nH]n(Cl)[nH]2)c(C)c1. The second kappa shape index (κ2) is 4.80. The maximum Gasteiger partial charge on any atom is 0.208 e. The summed E-state index contributed by atoms with van der Waals surface area (Å²) in [5.41, 5.74) is 3.75. The molecule has 0 aliphatic carbocycles. The Labute approximate surface area is 113 Å². The summed E-state index contributed by atoms with van der Waals surface area (Å²) in [4.78, 5) is 1.24. The quantitative estimate of drug-likeness (QED) is 0.721. The Morgan fingerprint density at radius 2 is 1.76 bits per heavy atom. The minimum atomic E-state index is -0.312. The van der Waals surface area contributed by atoms with Gasteiger partial charge in [0.15, 0.2) is 5.15 Å². The van der Waals surface area contributed by atoms with Crippen LogP contribution in [0.15, 0.2) is 17.5 Å². The molecular formula is C11H14Cl2N3S+. The number of benzene rings is 1. The zero-order chi connectivity index (χ0) is 12.6. The van der Waals surface area contributed by atoms with Crippen molar-refractivity contribution in [2.45, 2.75) is 20.8 Å². The molecule has 0 aliphatic rings. The van der Waals surface area contributed by atoms with E-state index in [0.717, 1.165) is 0 Å². The smallest absolute Gasteiger partial charge is 0.208 e. The number of H-pyrrole nitrogens is 2. The molecule has 2 aromatic rings. The Kier molecular flexibility index (Phi) is 3.56. The number of halogens is 2. The first-order valence-electron chi connectivity index (χ1n) is 5.14. The number of nitrogens with one attached hydrogen (secondary N) is 2. The van der Waals surface area contributed by atoms with Crippen LogP contribution in [0, 0.1) is 20.8 Å². The lowest BCUT2D eigenvalue weighted by Gasteiger charge is -2.05. The van der Waals surface area contributed by atoms with Gasteiger partial charge in [0, 0.05) is 11.1 Å². The summed E-state index contributed by atoms with van der Waals surface area (Å²) < 4.78 is 4.39. The van der Waals surface area contributed by atoms with E-state index in [1.54, 1.807) is 0 Å². The number of hydrogen-bond donors (Lipinski definition) is 2. The zero-order valence-corrected chi connectivity index (χ0v) is 12.2.